The second-order valence-corrected chi connectivity index (χ2v) is 6.50. The molecule has 2 amide bonds. The van der Waals surface area contributed by atoms with E-state index < -0.39 is 0 Å². The van der Waals surface area contributed by atoms with Crippen molar-refractivity contribution in [2.24, 2.45) is 4.99 Å². The lowest BCUT2D eigenvalue weighted by atomic mass is 10.3. The van der Waals surface area contributed by atoms with Gasteiger partial charge in [0.2, 0.25) is 11.8 Å². The molecule has 1 fully saturated rings. The molecule has 9 nitrogen and oxygen atoms in total. The summed E-state index contributed by atoms with van der Waals surface area (Å²) in [7, 11) is 1.60. The average Bonchev–Trinajstić information content (AvgIpc) is 2.59. The molecule has 0 unspecified atom stereocenters. The summed E-state index contributed by atoms with van der Waals surface area (Å²) in [4.78, 5) is 32.4. The highest BCUT2D eigenvalue weighted by Gasteiger charge is 2.21. The molecule has 0 aliphatic carbocycles. The fourth-order valence-corrected chi connectivity index (χ4v) is 2.61. The molecule has 0 atom stereocenters. The zero-order chi connectivity index (χ0) is 19.4. The number of nitrogens with one attached hydrogen (secondary N) is 3. The SMILES string of the molecule is CCNC(=NCC(=O)NCCOC)N1CCN(CC(=O)NC(C)C)CC1. The molecule has 0 aromatic rings. The molecule has 26 heavy (non-hydrogen) atoms. The number of rotatable bonds is 9. The van der Waals surface area contributed by atoms with Crippen molar-refractivity contribution in [3.63, 3.8) is 0 Å². The van der Waals surface area contributed by atoms with E-state index in [0.717, 1.165) is 38.7 Å². The van der Waals surface area contributed by atoms with Gasteiger partial charge in [-0.2, -0.15) is 0 Å². The van der Waals surface area contributed by atoms with Gasteiger partial charge in [-0.25, -0.2) is 4.99 Å². The number of nitrogens with zero attached hydrogens (tertiary/aromatic N) is 3. The van der Waals surface area contributed by atoms with Crippen LogP contribution in [0.5, 0.6) is 0 Å². The number of hydrogen-bond acceptors (Lipinski definition) is 5. The molecule has 3 N–H and O–H groups in total. The van der Waals surface area contributed by atoms with Gasteiger partial charge in [-0.3, -0.25) is 14.5 Å². The van der Waals surface area contributed by atoms with Crippen molar-refractivity contribution >= 4 is 17.8 Å². The highest BCUT2D eigenvalue weighted by molar-refractivity contribution is 5.85. The number of ether oxygens (including phenoxy) is 1. The summed E-state index contributed by atoms with van der Waals surface area (Å²) in [6.07, 6.45) is 0. The first-order chi connectivity index (χ1) is 12.5. The molecule has 0 saturated carbocycles. The maximum Gasteiger partial charge on any atom is 0.241 e. The normalized spacial score (nSPS) is 15.9. The monoisotopic (exact) mass is 370 g/mol. The van der Waals surface area contributed by atoms with Crippen LogP contribution in [0.3, 0.4) is 0 Å². The number of amides is 2. The van der Waals surface area contributed by atoms with E-state index in [1.165, 1.54) is 0 Å². The van der Waals surface area contributed by atoms with Gasteiger partial charge in [-0.15, -0.1) is 0 Å². The van der Waals surface area contributed by atoms with Crippen molar-refractivity contribution in [2.75, 3.05) is 66.1 Å². The third-order valence-corrected chi connectivity index (χ3v) is 3.82. The highest BCUT2D eigenvalue weighted by Crippen LogP contribution is 2.02. The molecule has 0 aromatic heterocycles. The van der Waals surface area contributed by atoms with Gasteiger partial charge in [0.25, 0.3) is 0 Å². The third-order valence-electron chi connectivity index (χ3n) is 3.82. The average molecular weight is 370 g/mol. The fraction of sp³-hybridized carbons (Fsp3) is 0.824. The topological polar surface area (TPSA) is 98.3 Å². The van der Waals surface area contributed by atoms with Gasteiger partial charge in [0.1, 0.15) is 6.54 Å². The molecular formula is C17H34N6O3. The van der Waals surface area contributed by atoms with Gasteiger partial charge in [0.15, 0.2) is 5.96 Å². The van der Waals surface area contributed by atoms with Crippen molar-refractivity contribution in [1.29, 1.82) is 0 Å². The zero-order valence-corrected chi connectivity index (χ0v) is 16.5. The summed E-state index contributed by atoms with van der Waals surface area (Å²) in [6, 6.07) is 0.159. The first-order valence-electron chi connectivity index (χ1n) is 9.26. The zero-order valence-electron chi connectivity index (χ0n) is 16.5. The van der Waals surface area contributed by atoms with Gasteiger partial charge in [-0.05, 0) is 20.8 Å². The molecule has 1 aliphatic heterocycles. The summed E-state index contributed by atoms with van der Waals surface area (Å²) < 4.78 is 4.91. The predicted molar refractivity (Wildman–Crippen MR) is 102 cm³/mol. The van der Waals surface area contributed by atoms with Crippen molar-refractivity contribution in [1.82, 2.24) is 25.8 Å². The van der Waals surface area contributed by atoms with Gasteiger partial charge in [-0.1, -0.05) is 0 Å². The van der Waals surface area contributed by atoms with Crippen LogP contribution in [-0.2, 0) is 14.3 Å². The van der Waals surface area contributed by atoms with Crippen LogP contribution in [0.2, 0.25) is 0 Å². The van der Waals surface area contributed by atoms with Crippen molar-refractivity contribution in [2.45, 2.75) is 26.8 Å². The van der Waals surface area contributed by atoms with E-state index in [2.05, 4.69) is 30.7 Å². The molecule has 0 radical (unpaired) electrons. The van der Waals surface area contributed by atoms with Crippen LogP contribution >= 0.6 is 0 Å². The summed E-state index contributed by atoms with van der Waals surface area (Å²) in [6.45, 7) is 11.2. The minimum absolute atomic E-state index is 0.0572. The predicted octanol–water partition coefficient (Wildman–Crippen LogP) is -1.14. The maximum absolute atomic E-state index is 11.9. The number of aliphatic imine (C=N–C) groups is 1. The first-order valence-corrected chi connectivity index (χ1v) is 9.26. The summed E-state index contributed by atoms with van der Waals surface area (Å²) in [5.41, 5.74) is 0. The molecule has 1 saturated heterocycles. The third kappa shape index (κ3) is 9.00. The Morgan fingerprint density at radius 1 is 1.12 bits per heavy atom. The smallest absolute Gasteiger partial charge is 0.241 e. The van der Waals surface area contributed by atoms with E-state index in [-0.39, 0.29) is 24.4 Å². The van der Waals surface area contributed by atoms with Gasteiger partial charge in [0, 0.05) is 52.4 Å². The Balaban J connectivity index is 2.45. The second-order valence-electron chi connectivity index (χ2n) is 6.50. The molecule has 0 aromatic carbocycles. The van der Waals surface area contributed by atoms with Crippen LogP contribution in [0, 0.1) is 0 Å². The van der Waals surface area contributed by atoms with E-state index in [1.54, 1.807) is 7.11 Å². The van der Waals surface area contributed by atoms with E-state index in [1.807, 2.05) is 20.8 Å². The van der Waals surface area contributed by atoms with Crippen molar-refractivity contribution in [3.8, 4) is 0 Å². The van der Waals surface area contributed by atoms with Gasteiger partial charge < -0.3 is 25.6 Å². The summed E-state index contributed by atoms with van der Waals surface area (Å²) in [5.74, 6) is 0.670. The molecule has 1 heterocycles. The molecule has 150 valence electrons. The minimum Gasteiger partial charge on any atom is -0.383 e. The Kier molecular flexibility index (Phi) is 10.6. The standard InChI is InChI=1S/C17H34N6O3/c1-5-18-17(20-12-15(24)19-6-11-26-4)23-9-7-22(8-10-23)13-16(25)21-14(2)3/h14H,5-13H2,1-4H3,(H,18,20)(H,19,24)(H,21,25). The maximum atomic E-state index is 11.9. The highest BCUT2D eigenvalue weighted by atomic mass is 16.5. The number of piperazine rings is 1. The molecular weight excluding hydrogens is 336 g/mol. The number of guanidine groups is 1. The van der Waals surface area contributed by atoms with Crippen LogP contribution in [-0.4, -0.2) is 99.7 Å². The largest absolute Gasteiger partial charge is 0.383 e. The molecule has 0 bridgehead atoms. The number of hydrogen-bond donors (Lipinski definition) is 3. The van der Waals surface area contributed by atoms with Crippen molar-refractivity contribution < 1.29 is 14.3 Å². The Morgan fingerprint density at radius 2 is 1.81 bits per heavy atom. The fourth-order valence-electron chi connectivity index (χ4n) is 2.61. The van der Waals surface area contributed by atoms with E-state index in [4.69, 9.17) is 4.74 Å². The number of carbonyl (C=O) groups excluding carboxylic acids is 2. The van der Waals surface area contributed by atoms with E-state index in [9.17, 15) is 9.59 Å². The Hall–Kier alpha value is -1.87. The van der Waals surface area contributed by atoms with Crippen LogP contribution in [0.15, 0.2) is 4.99 Å². The molecule has 0 spiro atoms. The second kappa shape index (κ2) is 12.5. The number of methoxy groups -OCH3 is 1. The van der Waals surface area contributed by atoms with Gasteiger partial charge in [0.05, 0.1) is 13.2 Å². The lowest BCUT2D eigenvalue weighted by molar-refractivity contribution is -0.123. The molecule has 1 rings (SSSR count). The van der Waals surface area contributed by atoms with Crippen LogP contribution in [0.4, 0.5) is 0 Å². The van der Waals surface area contributed by atoms with Crippen LogP contribution in [0.1, 0.15) is 20.8 Å². The van der Waals surface area contributed by atoms with E-state index >= 15 is 0 Å². The Labute approximate surface area is 156 Å². The number of carbonyl (C=O) groups is 2. The summed E-state index contributed by atoms with van der Waals surface area (Å²) >= 11 is 0. The summed E-state index contributed by atoms with van der Waals surface area (Å²) in [5, 5.41) is 8.90. The van der Waals surface area contributed by atoms with E-state index in [0.29, 0.717) is 19.7 Å². The lowest BCUT2D eigenvalue weighted by Gasteiger charge is -2.36. The molecule has 1 aliphatic rings. The Bertz CT molecular complexity index is 461. The minimum atomic E-state index is -0.124. The lowest BCUT2D eigenvalue weighted by Crippen LogP contribution is -2.54. The van der Waals surface area contributed by atoms with Crippen LogP contribution < -0.4 is 16.0 Å². The Morgan fingerprint density at radius 3 is 2.38 bits per heavy atom. The first kappa shape index (κ1) is 22.2. The van der Waals surface area contributed by atoms with Crippen LogP contribution in [0.25, 0.3) is 0 Å². The van der Waals surface area contributed by atoms with Crippen molar-refractivity contribution in [3.05, 3.63) is 0 Å². The molecule has 9 heteroatoms. The quantitative estimate of drug-likeness (QED) is 0.270. The van der Waals surface area contributed by atoms with Gasteiger partial charge >= 0.3 is 0 Å².